The summed E-state index contributed by atoms with van der Waals surface area (Å²) in [5.41, 5.74) is 1.19. The molecule has 8 heteroatoms. The van der Waals surface area contributed by atoms with E-state index in [0.29, 0.717) is 21.9 Å². The summed E-state index contributed by atoms with van der Waals surface area (Å²) in [6, 6.07) is 11.0. The van der Waals surface area contributed by atoms with Crippen LogP contribution in [0, 0.1) is 10.1 Å². The van der Waals surface area contributed by atoms with Crippen LogP contribution in [0.1, 0.15) is 10.5 Å². The highest BCUT2D eigenvalue weighted by Crippen LogP contribution is 2.30. The number of non-ortho nitro benzene ring substituents is 1. The average Bonchev–Trinajstić information content (AvgIpc) is 3.00. The van der Waals surface area contributed by atoms with Gasteiger partial charge in [0.25, 0.3) is 11.6 Å². The van der Waals surface area contributed by atoms with Gasteiger partial charge < -0.3 is 15.0 Å². The third-order valence-electron chi connectivity index (χ3n) is 3.49. The zero-order valence-corrected chi connectivity index (χ0v) is 13.3. The first-order chi connectivity index (χ1) is 11.5. The minimum Gasteiger partial charge on any atom is -0.494 e. The van der Waals surface area contributed by atoms with Gasteiger partial charge in [-0.15, -0.1) is 0 Å². The van der Waals surface area contributed by atoms with Gasteiger partial charge in [-0.2, -0.15) is 0 Å². The van der Waals surface area contributed by atoms with E-state index in [0.717, 1.165) is 5.39 Å². The van der Waals surface area contributed by atoms with Gasteiger partial charge in [-0.25, -0.2) is 0 Å². The first-order valence-electron chi connectivity index (χ1n) is 6.90. The second kappa shape index (κ2) is 6.21. The van der Waals surface area contributed by atoms with Crippen molar-refractivity contribution in [3.63, 3.8) is 0 Å². The number of aromatic nitrogens is 1. The predicted octanol–water partition coefficient (Wildman–Crippen LogP) is 3.99. The number of carbonyl (C=O) groups is 1. The lowest BCUT2D eigenvalue weighted by Crippen LogP contribution is -2.13. The van der Waals surface area contributed by atoms with Crippen LogP contribution < -0.4 is 10.1 Å². The Morgan fingerprint density at radius 3 is 2.75 bits per heavy atom. The molecule has 0 fully saturated rings. The second-order valence-corrected chi connectivity index (χ2v) is 5.39. The van der Waals surface area contributed by atoms with Crippen molar-refractivity contribution in [1.29, 1.82) is 0 Å². The fourth-order valence-corrected chi connectivity index (χ4v) is 2.56. The molecular formula is C16H12ClN3O4. The highest BCUT2D eigenvalue weighted by Gasteiger charge is 2.16. The Bertz CT molecular complexity index is 952. The van der Waals surface area contributed by atoms with Crippen molar-refractivity contribution >= 4 is 39.8 Å². The molecule has 0 aliphatic rings. The quantitative estimate of drug-likeness (QED) is 0.551. The van der Waals surface area contributed by atoms with Crippen molar-refractivity contribution in [3.05, 3.63) is 63.3 Å². The van der Waals surface area contributed by atoms with E-state index >= 15 is 0 Å². The van der Waals surface area contributed by atoms with Crippen LogP contribution in [0.25, 0.3) is 10.9 Å². The summed E-state index contributed by atoms with van der Waals surface area (Å²) in [4.78, 5) is 25.6. The van der Waals surface area contributed by atoms with Crippen LogP contribution in [0.5, 0.6) is 5.75 Å². The van der Waals surface area contributed by atoms with E-state index in [-0.39, 0.29) is 11.4 Å². The summed E-state index contributed by atoms with van der Waals surface area (Å²) < 4.78 is 5.10. The molecule has 0 saturated heterocycles. The molecule has 7 nitrogen and oxygen atoms in total. The maximum Gasteiger partial charge on any atom is 0.273 e. The van der Waals surface area contributed by atoms with Crippen LogP contribution in [0.2, 0.25) is 5.02 Å². The number of nitro benzene ring substituents is 1. The van der Waals surface area contributed by atoms with E-state index in [2.05, 4.69) is 10.3 Å². The van der Waals surface area contributed by atoms with Crippen LogP contribution in [-0.2, 0) is 0 Å². The molecule has 0 spiro atoms. The van der Waals surface area contributed by atoms with E-state index in [1.54, 1.807) is 18.2 Å². The molecule has 1 amide bonds. The molecular weight excluding hydrogens is 334 g/mol. The lowest BCUT2D eigenvalue weighted by Gasteiger charge is -2.09. The molecule has 0 saturated carbocycles. The molecule has 0 aliphatic heterocycles. The van der Waals surface area contributed by atoms with Crippen LogP contribution in [0.4, 0.5) is 11.4 Å². The minimum atomic E-state index is -0.534. The van der Waals surface area contributed by atoms with Crippen LogP contribution in [0.15, 0.2) is 42.5 Å². The third kappa shape index (κ3) is 2.89. The number of rotatable bonds is 4. The molecule has 3 aromatic rings. The second-order valence-electron chi connectivity index (χ2n) is 4.98. The third-order valence-corrected chi connectivity index (χ3v) is 3.81. The number of amides is 1. The molecule has 2 aromatic carbocycles. The Labute approximate surface area is 141 Å². The van der Waals surface area contributed by atoms with Gasteiger partial charge in [0.05, 0.1) is 34.3 Å². The van der Waals surface area contributed by atoms with Crippen molar-refractivity contribution in [3.8, 4) is 5.75 Å². The number of hydrogen-bond acceptors (Lipinski definition) is 4. The summed E-state index contributed by atoms with van der Waals surface area (Å²) in [6.07, 6.45) is 0. The summed E-state index contributed by atoms with van der Waals surface area (Å²) in [7, 11) is 1.37. The van der Waals surface area contributed by atoms with Crippen molar-refractivity contribution in [2.75, 3.05) is 12.4 Å². The minimum absolute atomic E-state index is 0.123. The Morgan fingerprint density at radius 2 is 2.08 bits per heavy atom. The Hall–Kier alpha value is -3.06. The molecule has 3 rings (SSSR count). The van der Waals surface area contributed by atoms with Crippen LogP contribution >= 0.6 is 11.6 Å². The van der Waals surface area contributed by atoms with E-state index in [9.17, 15) is 14.9 Å². The number of halogens is 1. The molecule has 24 heavy (non-hydrogen) atoms. The number of ether oxygens (including phenoxy) is 1. The molecule has 122 valence electrons. The molecule has 0 radical (unpaired) electrons. The van der Waals surface area contributed by atoms with Crippen molar-refractivity contribution in [1.82, 2.24) is 4.98 Å². The van der Waals surface area contributed by atoms with Gasteiger partial charge in [0, 0.05) is 11.5 Å². The maximum absolute atomic E-state index is 12.4. The Kier molecular flexibility index (Phi) is 4.09. The molecule has 0 unspecified atom stereocenters. The molecule has 2 N–H and O–H groups in total. The standard InChI is InChI=1S/C16H12ClN3O4/c1-24-14-8-10(20(22)23)5-6-12(14)19-16(21)13-7-9-3-2-4-11(17)15(9)18-13/h2-8,18H,1H3,(H,19,21). The van der Waals surface area contributed by atoms with Gasteiger partial charge >= 0.3 is 0 Å². The van der Waals surface area contributed by atoms with Gasteiger partial charge in [-0.3, -0.25) is 14.9 Å². The normalized spacial score (nSPS) is 10.6. The fraction of sp³-hybridized carbons (Fsp3) is 0.0625. The van der Waals surface area contributed by atoms with E-state index in [1.165, 1.54) is 25.3 Å². The zero-order valence-electron chi connectivity index (χ0n) is 12.5. The first-order valence-corrected chi connectivity index (χ1v) is 7.28. The van der Waals surface area contributed by atoms with Crippen molar-refractivity contribution in [2.24, 2.45) is 0 Å². The Morgan fingerprint density at radius 1 is 1.29 bits per heavy atom. The number of anilines is 1. The lowest BCUT2D eigenvalue weighted by atomic mass is 10.2. The van der Waals surface area contributed by atoms with Gasteiger partial charge in [0.15, 0.2) is 0 Å². The number of nitrogens with zero attached hydrogens (tertiary/aromatic N) is 1. The van der Waals surface area contributed by atoms with Crippen LogP contribution in [-0.4, -0.2) is 22.9 Å². The number of nitro groups is 1. The molecule has 1 heterocycles. The number of H-pyrrole nitrogens is 1. The van der Waals surface area contributed by atoms with E-state index in [1.807, 2.05) is 6.07 Å². The van der Waals surface area contributed by atoms with Gasteiger partial charge in [0.2, 0.25) is 0 Å². The zero-order chi connectivity index (χ0) is 17.3. The van der Waals surface area contributed by atoms with Crippen LogP contribution in [0.3, 0.4) is 0 Å². The number of nitrogens with one attached hydrogen (secondary N) is 2. The summed E-state index contributed by atoms with van der Waals surface area (Å²) in [5.74, 6) is -0.207. The number of benzene rings is 2. The van der Waals surface area contributed by atoms with Crippen molar-refractivity contribution in [2.45, 2.75) is 0 Å². The SMILES string of the molecule is COc1cc([N+](=O)[O-])ccc1NC(=O)c1cc2cccc(Cl)c2[nH]1. The molecule has 0 atom stereocenters. The monoisotopic (exact) mass is 345 g/mol. The van der Waals surface area contributed by atoms with Gasteiger partial charge in [-0.1, -0.05) is 23.7 Å². The maximum atomic E-state index is 12.4. The average molecular weight is 346 g/mol. The lowest BCUT2D eigenvalue weighted by molar-refractivity contribution is -0.384. The summed E-state index contributed by atoms with van der Waals surface area (Å²) in [5, 5.41) is 14.8. The number of aromatic amines is 1. The molecule has 1 aromatic heterocycles. The summed E-state index contributed by atoms with van der Waals surface area (Å²) in [6.45, 7) is 0. The smallest absolute Gasteiger partial charge is 0.273 e. The largest absolute Gasteiger partial charge is 0.494 e. The highest BCUT2D eigenvalue weighted by atomic mass is 35.5. The molecule has 0 aliphatic carbocycles. The van der Waals surface area contributed by atoms with E-state index in [4.69, 9.17) is 16.3 Å². The number of hydrogen-bond donors (Lipinski definition) is 2. The Balaban J connectivity index is 1.91. The number of methoxy groups -OCH3 is 1. The first kappa shape index (κ1) is 15.8. The van der Waals surface area contributed by atoms with Crippen molar-refractivity contribution < 1.29 is 14.5 Å². The van der Waals surface area contributed by atoms with E-state index < -0.39 is 10.8 Å². The predicted molar refractivity (Wildman–Crippen MR) is 90.9 cm³/mol. The highest BCUT2D eigenvalue weighted by molar-refractivity contribution is 6.35. The number of para-hydroxylation sites is 1. The van der Waals surface area contributed by atoms with Gasteiger partial charge in [-0.05, 0) is 18.2 Å². The summed E-state index contributed by atoms with van der Waals surface area (Å²) >= 11 is 6.08. The fourth-order valence-electron chi connectivity index (χ4n) is 2.33. The number of fused-ring (bicyclic) bond motifs is 1. The molecule has 0 bridgehead atoms. The topological polar surface area (TPSA) is 97.3 Å². The number of carbonyl (C=O) groups excluding carboxylic acids is 1. The van der Waals surface area contributed by atoms with Gasteiger partial charge in [0.1, 0.15) is 11.4 Å².